The summed E-state index contributed by atoms with van der Waals surface area (Å²) in [6, 6.07) is 16.3. The van der Waals surface area contributed by atoms with Crippen molar-refractivity contribution in [1.29, 1.82) is 0 Å². The van der Waals surface area contributed by atoms with E-state index in [9.17, 15) is 4.79 Å². The number of benzene rings is 2. The Balaban J connectivity index is 1.80. The topological polar surface area (TPSA) is 81.1 Å². The van der Waals surface area contributed by atoms with Crippen molar-refractivity contribution in [1.82, 2.24) is 9.55 Å². The van der Waals surface area contributed by atoms with Crippen molar-refractivity contribution in [2.75, 3.05) is 6.54 Å². The molecule has 0 spiro atoms. The first kappa shape index (κ1) is 17.9. The van der Waals surface area contributed by atoms with Crippen molar-refractivity contribution in [2.45, 2.75) is 19.3 Å². The largest absolute Gasteiger partial charge is 0.481 e. The maximum atomic E-state index is 10.7. The summed E-state index contributed by atoms with van der Waals surface area (Å²) in [5.41, 5.74) is 10.9. The number of hydrogen-bond donors (Lipinski definition) is 2. The molecule has 0 bridgehead atoms. The second-order valence-corrected chi connectivity index (χ2v) is 6.39. The lowest BCUT2D eigenvalue weighted by atomic mass is 10.1. The van der Waals surface area contributed by atoms with Crippen molar-refractivity contribution < 1.29 is 9.90 Å². The van der Waals surface area contributed by atoms with Gasteiger partial charge in [0.25, 0.3) is 0 Å². The standard InChI is InChI=1S/C21H23N3O2/c1-24-14-19(17-7-2-16(3-8-17)12-13-22)23-21(24)18-9-4-15(5-10-18)6-11-20(25)26/h2-5,7-10,14H,6,11-13,22H2,1H3,(H,25,26). The number of carbonyl (C=O) groups is 1. The third-order valence-electron chi connectivity index (χ3n) is 4.40. The molecule has 0 saturated carbocycles. The lowest BCUT2D eigenvalue weighted by molar-refractivity contribution is -0.136. The van der Waals surface area contributed by atoms with Crippen LogP contribution < -0.4 is 5.73 Å². The average Bonchev–Trinajstić information content (AvgIpc) is 3.03. The molecule has 3 rings (SSSR count). The monoisotopic (exact) mass is 349 g/mol. The number of carboxylic acid groups (broad SMARTS) is 1. The van der Waals surface area contributed by atoms with Crippen LogP contribution in [0.2, 0.25) is 0 Å². The second kappa shape index (κ2) is 7.97. The zero-order valence-electron chi connectivity index (χ0n) is 14.9. The fourth-order valence-electron chi connectivity index (χ4n) is 2.95. The summed E-state index contributed by atoms with van der Waals surface area (Å²) in [6.07, 6.45) is 3.58. The molecule has 5 heteroatoms. The highest BCUT2D eigenvalue weighted by atomic mass is 16.4. The molecule has 0 aliphatic carbocycles. The molecule has 3 aromatic rings. The van der Waals surface area contributed by atoms with E-state index >= 15 is 0 Å². The van der Waals surface area contributed by atoms with E-state index < -0.39 is 5.97 Å². The number of rotatable bonds is 7. The fourth-order valence-corrected chi connectivity index (χ4v) is 2.95. The van der Waals surface area contributed by atoms with Gasteiger partial charge >= 0.3 is 5.97 Å². The highest BCUT2D eigenvalue weighted by Crippen LogP contribution is 2.25. The van der Waals surface area contributed by atoms with Crippen molar-refractivity contribution in [3.8, 4) is 22.6 Å². The molecule has 0 fully saturated rings. The van der Waals surface area contributed by atoms with E-state index in [1.54, 1.807) is 0 Å². The number of aliphatic carboxylic acids is 1. The minimum absolute atomic E-state index is 0.145. The molecular formula is C21H23N3O2. The zero-order chi connectivity index (χ0) is 18.5. The van der Waals surface area contributed by atoms with Gasteiger partial charge in [-0.2, -0.15) is 0 Å². The Morgan fingerprint density at radius 1 is 1.00 bits per heavy atom. The van der Waals surface area contributed by atoms with Gasteiger partial charge in [0, 0.05) is 30.8 Å². The Morgan fingerprint density at radius 3 is 2.15 bits per heavy atom. The molecule has 3 N–H and O–H groups in total. The third kappa shape index (κ3) is 4.18. The van der Waals surface area contributed by atoms with E-state index in [0.29, 0.717) is 13.0 Å². The molecule has 0 aliphatic rings. The Kier molecular flexibility index (Phi) is 5.49. The number of nitrogens with zero attached hydrogens (tertiary/aromatic N) is 2. The van der Waals surface area contributed by atoms with E-state index in [-0.39, 0.29) is 6.42 Å². The normalized spacial score (nSPS) is 10.8. The molecule has 0 radical (unpaired) electrons. The van der Waals surface area contributed by atoms with Gasteiger partial charge in [0.05, 0.1) is 5.69 Å². The number of aromatic nitrogens is 2. The SMILES string of the molecule is Cn1cc(-c2ccc(CCN)cc2)nc1-c1ccc(CCC(=O)O)cc1. The first-order chi connectivity index (χ1) is 12.6. The van der Waals surface area contributed by atoms with Gasteiger partial charge in [-0.3, -0.25) is 4.79 Å². The Bertz CT molecular complexity index is 881. The Labute approximate surface area is 153 Å². The van der Waals surface area contributed by atoms with Crippen molar-refractivity contribution >= 4 is 5.97 Å². The van der Waals surface area contributed by atoms with Gasteiger partial charge in [-0.25, -0.2) is 4.98 Å². The number of hydrogen-bond acceptors (Lipinski definition) is 3. The summed E-state index contributed by atoms with van der Waals surface area (Å²) in [6.45, 7) is 0.648. The van der Waals surface area contributed by atoms with Crippen LogP contribution in [-0.4, -0.2) is 27.2 Å². The predicted molar refractivity (Wildman–Crippen MR) is 103 cm³/mol. The van der Waals surface area contributed by atoms with Gasteiger partial charge in [0.2, 0.25) is 0 Å². The van der Waals surface area contributed by atoms with E-state index in [4.69, 9.17) is 15.8 Å². The van der Waals surface area contributed by atoms with Crippen LogP contribution in [0.1, 0.15) is 17.5 Å². The maximum absolute atomic E-state index is 10.7. The van der Waals surface area contributed by atoms with Gasteiger partial charge in [-0.05, 0) is 30.5 Å². The maximum Gasteiger partial charge on any atom is 0.303 e. The molecule has 0 unspecified atom stereocenters. The molecule has 0 amide bonds. The van der Waals surface area contributed by atoms with Crippen LogP contribution in [0.4, 0.5) is 0 Å². The molecule has 134 valence electrons. The van der Waals surface area contributed by atoms with Crippen LogP contribution in [-0.2, 0) is 24.7 Å². The van der Waals surface area contributed by atoms with Crippen LogP contribution in [0.15, 0.2) is 54.7 Å². The average molecular weight is 349 g/mol. The van der Waals surface area contributed by atoms with Crippen LogP contribution in [0, 0.1) is 0 Å². The molecule has 2 aromatic carbocycles. The van der Waals surface area contributed by atoms with Gasteiger partial charge in [0.1, 0.15) is 5.82 Å². The third-order valence-corrected chi connectivity index (χ3v) is 4.40. The number of imidazole rings is 1. The minimum Gasteiger partial charge on any atom is -0.481 e. The van der Waals surface area contributed by atoms with Gasteiger partial charge in [0.15, 0.2) is 0 Å². The van der Waals surface area contributed by atoms with Gasteiger partial charge in [-0.1, -0.05) is 48.5 Å². The summed E-state index contributed by atoms with van der Waals surface area (Å²) in [5, 5.41) is 8.78. The van der Waals surface area contributed by atoms with Crippen molar-refractivity contribution in [3.05, 3.63) is 65.9 Å². The zero-order valence-corrected chi connectivity index (χ0v) is 14.9. The van der Waals surface area contributed by atoms with E-state index in [1.165, 1.54) is 5.56 Å². The number of aryl methyl sites for hydroxylation is 2. The lowest BCUT2D eigenvalue weighted by Crippen LogP contribution is -2.02. The molecule has 26 heavy (non-hydrogen) atoms. The highest BCUT2D eigenvalue weighted by molar-refractivity contribution is 5.67. The molecule has 0 atom stereocenters. The summed E-state index contributed by atoms with van der Waals surface area (Å²) in [7, 11) is 1.98. The first-order valence-electron chi connectivity index (χ1n) is 8.70. The molecule has 0 saturated heterocycles. The van der Waals surface area contributed by atoms with E-state index in [2.05, 4.69) is 24.3 Å². The number of nitrogens with two attached hydrogens (primary N) is 1. The van der Waals surface area contributed by atoms with Crippen molar-refractivity contribution in [2.24, 2.45) is 12.8 Å². The van der Waals surface area contributed by atoms with Crippen LogP contribution in [0.5, 0.6) is 0 Å². The van der Waals surface area contributed by atoms with Crippen molar-refractivity contribution in [3.63, 3.8) is 0 Å². The first-order valence-corrected chi connectivity index (χ1v) is 8.70. The summed E-state index contributed by atoms with van der Waals surface area (Å²) in [4.78, 5) is 15.5. The predicted octanol–water partition coefficient (Wildman–Crippen LogP) is 3.27. The smallest absolute Gasteiger partial charge is 0.303 e. The summed E-state index contributed by atoms with van der Waals surface area (Å²) >= 11 is 0. The Hall–Kier alpha value is -2.92. The molecular weight excluding hydrogens is 326 g/mol. The second-order valence-electron chi connectivity index (χ2n) is 6.39. The van der Waals surface area contributed by atoms with Crippen LogP contribution in [0.3, 0.4) is 0 Å². The molecule has 0 aliphatic heterocycles. The number of carboxylic acids is 1. The fraction of sp³-hybridized carbons (Fsp3) is 0.238. The highest BCUT2D eigenvalue weighted by Gasteiger charge is 2.10. The lowest BCUT2D eigenvalue weighted by Gasteiger charge is -2.03. The van der Waals surface area contributed by atoms with Crippen LogP contribution in [0.25, 0.3) is 22.6 Å². The minimum atomic E-state index is -0.777. The van der Waals surface area contributed by atoms with E-state index in [1.807, 2.05) is 42.1 Å². The quantitative estimate of drug-likeness (QED) is 0.686. The molecule has 1 heterocycles. The summed E-state index contributed by atoms with van der Waals surface area (Å²) < 4.78 is 2.01. The summed E-state index contributed by atoms with van der Waals surface area (Å²) in [5.74, 6) is 0.108. The molecule has 1 aromatic heterocycles. The van der Waals surface area contributed by atoms with Gasteiger partial charge in [-0.15, -0.1) is 0 Å². The Morgan fingerprint density at radius 2 is 1.58 bits per heavy atom. The van der Waals surface area contributed by atoms with Gasteiger partial charge < -0.3 is 15.4 Å². The van der Waals surface area contributed by atoms with E-state index in [0.717, 1.165) is 34.6 Å². The molecule has 5 nitrogen and oxygen atoms in total. The van der Waals surface area contributed by atoms with Crippen LogP contribution >= 0.6 is 0 Å².